The number of hydrogen-bond acceptors (Lipinski definition) is 5. The molecule has 30 heavy (non-hydrogen) atoms. The van der Waals surface area contributed by atoms with Crippen molar-refractivity contribution in [1.29, 1.82) is 0 Å². The molecule has 1 amide bonds. The number of amides is 1. The van der Waals surface area contributed by atoms with E-state index in [2.05, 4.69) is 26.6 Å². The van der Waals surface area contributed by atoms with Gasteiger partial charge in [0, 0.05) is 38.6 Å². The second kappa shape index (κ2) is 11.6. The SMILES string of the molecule is Cl.Cl.O=C(CN1CCNCC1c1cccc(F)c1)NCCc1nc2ccccc2s1. The van der Waals surface area contributed by atoms with E-state index < -0.39 is 0 Å². The molecular weight excluding hydrogens is 446 g/mol. The van der Waals surface area contributed by atoms with Gasteiger partial charge in [-0.3, -0.25) is 9.69 Å². The van der Waals surface area contributed by atoms with Crippen LogP contribution in [0.5, 0.6) is 0 Å². The molecule has 0 bridgehead atoms. The van der Waals surface area contributed by atoms with E-state index in [1.165, 1.54) is 10.8 Å². The summed E-state index contributed by atoms with van der Waals surface area (Å²) in [5.41, 5.74) is 1.90. The minimum atomic E-state index is -0.247. The van der Waals surface area contributed by atoms with Crippen molar-refractivity contribution in [3.63, 3.8) is 0 Å². The van der Waals surface area contributed by atoms with E-state index in [-0.39, 0.29) is 42.6 Å². The predicted molar refractivity (Wildman–Crippen MR) is 124 cm³/mol. The van der Waals surface area contributed by atoms with Crippen molar-refractivity contribution < 1.29 is 9.18 Å². The van der Waals surface area contributed by atoms with Crippen LogP contribution in [0.15, 0.2) is 48.5 Å². The first kappa shape index (κ1) is 24.5. The monoisotopic (exact) mass is 470 g/mol. The summed E-state index contributed by atoms with van der Waals surface area (Å²) in [6, 6.07) is 14.7. The molecule has 0 radical (unpaired) electrons. The lowest BCUT2D eigenvalue weighted by Crippen LogP contribution is -2.49. The van der Waals surface area contributed by atoms with Crippen LogP contribution in [0.1, 0.15) is 16.6 Å². The Hall–Kier alpha value is -1.77. The number of carbonyl (C=O) groups excluding carboxylic acids is 1. The van der Waals surface area contributed by atoms with Crippen LogP contribution >= 0.6 is 36.2 Å². The number of aromatic nitrogens is 1. The van der Waals surface area contributed by atoms with E-state index in [0.29, 0.717) is 19.6 Å². The van der Waals surface area contributed by atoms with Crippen LogP contribution in [-0.2, 0) is 11.2 Å². The standard InChI is InChI=1S/C21H23FN4OS.2ClH/c22-16-5-3-4-15(12-16)18-13-23-10-11-26(18)14-20(27)24-9-8-21-25-17-6-1-2-7-19(17)28-21;;/h1-7,12,18,23H,8-11,13-14H2,(H,24,27);2*1H. The number of carbonyl (C=O) groups is 1. The summed E-state index contributed by atoms with van der Waals surface area (Å²) in [5, 5.41) is 7.36. The molecule has 0 spiro atoms. The van der Waals surface area contributed by atoms with E-state index in [1.54, 1.807) is 23.5 Å². The van der Waals surface area contributed by atoms with Gasteiger partial charge in [0.05, 0.1) is 21.8 Å². The van der Waals surface area contributed by atoms with Crippen molar-refractivity contribution in [3.05, 3.63) is 64.9 Å². The Labute approximate surface area is 191 Å². The maximum atomic E-state index is 13.6. The number of rotatable bonds is 6. The normalized spacial score (nSPS) is 16.5. The number of piperazine rings is 1. The summed E-state index contributed by atoms with van der Waals surface area (Å²) in [7, 11) is 0. The maximum absolute atomic E-state index is 13.6. The Kier molecular flexibility index (Phi) is 9.45. The van der Waals surface area contributed by atoms with Crippen LogP contribution in [0.2, 0.25) is 0 Å². The van der Waals surface area contributed by atoms with E-state index in [0.717, 1.165) is 35.6 Å². The van der Waals surface area contributed by atoms with Crippen molar-refractivity contribution in [2.24, 2.45) is 0 Å². The molecule has 9 heteroatoms. The third-order valence-corrected chi connectivity index (χ3v) is 6.03. The Balaban J connectivity index is 0.00000160. The van der Waals surface area contributed by atoms with E-state index >= 15 is 0 Å². The second-order valence-electron chi connectivity index (χ2n) is 6.92. The van der Waals surface area contributed by atoms with Crippen LogP contribution in [0, 0.1) is 5.82 Å². The fraction of sp³-hybridized carbons (Fsp3) is 0.333. The molecule has 1 aliphatic heterocycles. The molecular formula is C21H25Cl2FN4OS. The zero-order valence-electron chi connectivity index (χ0n) is 16.3. The van der Waals surface area contributed by atoms with Gasteiger partial charge in [-0.25, -0.2) is 9.37 Å². The molecule has 1 unspecified atom stereocenters. The van der Waals surface area contributed by atoms with Gasteiger partial charge in [0.1, 0.15) is 5.82 Å². The molecule has 0 saturated carbocycles. The average molecular weight is 471 g/mol. The summed E-state index contributed by atoms with van der Waals surface area (Å²) in [4.78, 5) is 19.2. The van der Waals surface area contributed by atoms with Crippen molar-refractivity contribution in [1.82, 2.24) is 20.5 Å². The van der Waals surface area contributed by atoms with Crippen LogP contribution in [0.25, 0.3) is 10.2 Å². The fourth-order valence-corrected chi connectivity index (χ4v) is 4.52. The van der Waals surface area contributed by atoms with Gasteiger partial charge in [-0.2, -0.15) is 0 Å². The van der Waals surface area contributed by atoms with Gasteiger partial charge in [-0.05, 0) is 29.8 Å². The predicted octanol–water partition coefficient (Wildman–Crippen LogP) is 3.58. The van der Waals surface area contributed by atoms with E-state index in [4.69, 9.17) is 0 Å². The number of nitrogens with zero attached hydrogens (tertiary/aromatic N) is 2. The van der Waals surface area contributed by atoms with Crippen molar-refractivity contribution in [3.8, 4) is 0 Å². The van der Waals surface area contributed by atoms with Gasteiger partial charge in [-0.1, -0.05) is 24.3 Å². The van der Waals surface area contributed by atoms with Gasteiger partial charge in [0.2, 0.25) is 5.91 Å². The van der Waals surface area contributed by atoms with E-state index in [1.807, 2.05) is 24.3 Å². The van der Waals surface area contributed by atoms with Gasteiger partial charge < -0.3 is 10.6 Å². The largest absolute Gasteiger partial charge is 0.355 e. The van der Waals surface area contributed by atoms with E-state index in [9.17, 15) is 9.18 Å². The molecule has 162 valence electrons. The number of nitrogens with one attached hydrogen (secondary N) is 2. The zero-order chi connectivity index (χ0) is 19.3. The highest BCUT2D eigenvalue weighted by Gasteiger charge is 2.25. The summed E-state index contributed by atoms with van der Waals surface area (Å²) >= 11 is 1.67. The Morgan fingerprint density at radius 1 is 1.23 bits per heavy atom. The summed E-state index contributed by atoms with van der Waals surface area (Å²) in [6.45, 7) is 3.16. The maximum Gasteiger partial charge on any atom is 0.234 e. The molecule has 2 heterocycles. The van der Waals surface area contributed by atoms with Gasteiger partial charge >= 0.3 is 0 Å². The lowest BCUT2D eigenvalue weighted by Gasteiger charge is -2.36. The summed E-state index contributed by atoms with van der Waals surface area (Å²) < 4.78 is 14.8. The zero-order valence-corrected chi connectivity index (χ0v) is 18.8. The Morgan fingerprint density at radius 3 is 2.87 bits per heavy atom. The molecule has 0 aliphatic carbocycles. The molecule has 4 rings (SSSR count). The number of fused-ring (bicyclic) bond motifs is 1. The summed E-state index contributed by atoms with van der Waals surface area (Å²) in [6.07, 6.45) is 0.722. The second-order valence-corrected chi connectivity index (χ2v) is 8.04. The fourth-order valence-electron chi connectivity index (χ4n) is 3.55. The van der Waals surface area contributed by atoms with Crippen molar-refractivity contribution >= 4 is 52.3 Å². The van der Waals surface area contributed by atoms with Gasteiger partial charge in [0.15, 0.2) is 0 Å². The molecule has 1 atom stereocenters. The van der Waals surface area contributed by atoms with Crippen molar-refractivity contribution in [2.75, 3.05) is 32.7 Å². The van der Waals surface area contributed by atoms with Crippen LogP contribution in [0.4, 0.5) is 4.39 Å². The first-order chi connectivity index (χ1) is 13.7. The number of halogens is 3. The molecule has 5 nitrogen and oxygen atoms in total. The van der Waals surface area contributed by atoms with Crippen LogP contribution in [-0.4, -0.2) is 48.5 Å². The number of thiazole rings is 1. The van der Waals surface area contributed by atoms with Crippen LogP contribution < -0.4 is 10.6 Å². The molecule has 1 aromatic heterocycles. The third kappa shape index (κ3) is 6.12. The minimum absolute atomic E-state index is 0. The quantitative estimate of drug-likeness (QED) is 0.577. The number of para-hydroxylation sites is 1. The lowest BCUT2D eigenvalue weighted by atomic mass is 10.0. The topological polar surface area (TPSA) is 57.3 Å². The highest BCUT2D eigenvalue weighted by atomic mass is 35.5. The molecule has 1 aliphatic rings. The highest BCUT2D eigenvalue weighted by molar-refractivity contribution is 7.18. The van der Waals surface area contributed by atoms with Gasteiger partial charge in [-0.15, -0.1) is 36.2 Å². The van der Waals surface area contributed by atoms with Crippen LogP contribution in [0.3, 0.4) is 0 Å². The molecule has 2 aromatic carbocycles. The van der Waals surface area contributed by atoms with Gasteiger partial charge in [0.25, 0.3) is 0 Å². The average Bonchev–Trinajstić information content (AvgIpc) is 3.11. The minimum Gasteiger partial charge on any atom is -0.355 e. The third-order valence-electron chi connectivity index (χ3n) is 4.93. The smallest absolute Gasteiger partial charge is 0.234 e. The lowest BCUT2D eigenvalue weighted by molar-refractivity contribution is -0.123. The van der Waals surface area contributed by atoms with Crippen molar-refractivity contribution in [2.45, 2.75) is 12.5 Å². The molecule has 3 aromatic rings. The first-order valence-corrected chi connectivity index (χ1v) is 10.3. The highest BCUT2D eigenvalue weighted by Crippen LogP contribution is 2.23. The number of benzene rings is 2. The molecule has 2 N–H and O–H groups in total. The Morgan fingerprint density at radius 2 is 2.07 bits per heavy atom. The summed E-state index contributed by atoms with van der Waals surface area (Å²) in [5.74, 6) is -0.257. The molecule has 1 fully saturated rings. The number of hydrogen-bond donors (Lipinski definition) is 2. The Bertz CT molecular complexity index is 938. The molecule has 1 saturated heterocycles. The first-order valence-electron chi connectivity index (χ1n) is 9.50.